The molecule has 1 aliphatic rings. The third-order valence-electron chi connectivity index (χ3n) is 4.99. The Morgan fingerprint density at radius 3 is 2.52 bits per heavy atom. The largest absolute Gasteiger partial charge is 0.325 e. The second-order valence-corrected chi connectivity index (χ2v) is 7.15. The molecule has 1 fully saturated rings. The Hall–Kier alpha value is -1.91. The first kappa shape index (κ1) is 17.9. The first-order valence-electron chi connectivity index (χ1n) is 8.84. The minimum Gasteiger partial charge on any atom is -0.325 e. The van der Waals surface area contributed by atoms with E-state index in [0.717, 1.165) is 35.3 Å². The Balaban J connectivity index is 1.69. The van der Waals surface area contributed by atoms with Crippen LogP contribution in [0.25, 0.3) is 11.1 Å². The van der Waals surface area contributed by atoms with E-state index in [1.54, 1.807) is 12.3 Å². The van der Waals surface area contributed by atoms with Gasteiger partial charge in [-0.3, -0.25) is 9.78 Å². The van der Waals surface area contributed by atoms with Gasteiger partial charge in [0.15, 0.2) is 0 Å². The number of benzene rings is 1. The van der Waals surface area contributed by atoms with Gasteiger partial charge < -0.3 is 11.1 Å². The van der Waals surface area contributed by atoms with E-state index in [9.17, 15) is 4.79 Å². The van der Waals surface area contributed by atoms with Crippen LogP contribution in [0.1, 0.15) is 37.8 Å². The molecule has 1 amide bonds. The number of nitrogens with two attached hydrogens (primary N) is 1. The predicted molar refractivity (Wildman–Crippen MR) is 103 cm³/mol. The topological polar surface area (TPSA) is 68.0 Å². The fourth-order valence-corrected chi connectivity index (χ4v) is 3.84. The van der Waals surface area contributed by atoms with Gasteiger partial charge in [0, 0.05) is 23.1 Å². The lowest BCUT2D eigenvalue weighted by atomic mass is 9.84. The highest BCUT2D eigenvalue weighted by Gasteiger charge is 2.26. The number of aryl methyl sites for hydroxylation is 1. The fraction of sp³-hybridized carbons (Fsp3) is 0.400. The van der Waals surface area contributed by atoms with Crippen molar-refractivity contribution < 1.29 is 4.79 Å². The smallest absolute Gasteiger partial charge is 0.241 e. The maximum Gasteiger partial charge on any atom is 0.241 e. The highest BCUT2D eigenvalue weighted by atomic mass is 35.5. The molecule has 3 N–H and O–H groups in total. The molecule has 4 nitrogen and oxygen atoms in total. The van der Waals surface area contributed by atoms with Crippen molar-refractivity contribution in [1.29, 1.82) is 0 Å². The molecular weight excluding hydrogens is 334 g/mol. The van der Waals surface area contributed by atoms with Gasteiger partial charge in [0.05, 0.1) is 11.1 Å². The van der Waals surface area contributed by atoms with Gasteiger partial charge in [-0.15, -0.1) is 0 Å². The Morgan fingerprint density at radius 1 is 1.20 bits per heavy atom. The number of carbonyl (C=O) groups excluding carboxylic acids is 1. The van der Waals surface area contributed by atoms with E-state index in [4.69, 9.17) is 17.3 Å². The number of halogens is 1. The van der Waals surface area contributed by atoms with Crippen molar-refractivity contribution in [1.82, 2.24) is 4.98 Å². The lowest BCUT2D eigenvalue weighted by Gasteiger charge is -2.26. The van der Waals surface area contributed by atoms with Crippen LogP contribution in [0.2, 0.25) is 5.02 Å². The van der Waals surface area contributed by atoms with Crippen molar-refractivity contribution in [2.24, 2.45) is 11.7 Å². The molecule has 1 aliphatic carbocycles. The number of amides is 1. The van der Waals surface area contributed by atoms with Crippen LogP contribution in [-0.4, -0.2) is 16.9 Å². The van der Waals surface area contributed by atoms with E-state index in [0.29, 0.717) is 10.9 Å². The van der Waals surface area contributed by atoms with Gasteiger partial charge in [0.1, 0.15) is 0 Å². The number of aromatic nitrogens is 1. The normalized spacial score (nSPS) is 16.4. The van der Waals surface area contributed by atoms with Crippen LogP contribution in [0.4, 0.5) is 5.69 Å². The lowest BCUT2D eigenvalue weighted by molar-refractivity contribution is -0.118. The van der Waals surface area contributed by atoms with E-state index in [2.05, 4.69) is 10.3 Å². The van der Waals surface area contributed by atoms with Crippen LogP contribution < -0.4 is 11.1 Å². The zero-order valence-corrected chi connectivity index (χ0v) is 15.2. The summed E-state index contributed by atoms with van der Waals surface area (Å²) in [5.41, 5.74) is 9.68. The second kappa shape index (κ2) is 7.98. The van der Waals surface area contributed by atoms with Gasteiger partial charge >= 0.3 is 0 Å². The van der Waals surface area contributed by atoms with Crippen molar-refractivity contribution in [2.75, 3.05) is 5.32 Å². The quantitative estimate of drug-likeness (QED) is 0.843. The molecule has 0 saturated heterocycles. The zero-order valence-electron chi connectivity index (χ0n) is 14.5. The summed E-state index contributed by atoms with van der Waals surface area (Å²) in [6.07, 6.45) is 7.39. The highest BCUT2D eigenvalue weighted by Crippen LogP contribution is 2.31. The maximum absolute atomic E-state index is 12.4. The number of pyridine rings is 1. The highest BCUT2D eigenvalue weighted by molar-refractivity contribution is 6.33. The SMILES string of the molecule is Cc1nccc(Cl)c1-c1ccc(NC(=O)[C@@H](N)C2CCCCC2)cc1. The summed E-state index contributed by atoms with van der Waals surface area (Å²) < 4.78 is 0. The van der Waals surface area contributed by atoms with E-state index < -0.39 is 6.04 Å². The average molecular weight is 358 g/mol. The first-order valence-corrected chi connectivity index (χ1v) is 9.22. The summed E-state index contributed by atoms with van der Waals surface area (Å²) in [7, 11) is 0. The Labute approximate surface area is 153 Å². The molecule has 1 aromatic carbocycles. The standard InChI is InChI=1S/C20H24ClN3O/c1-13-18(17(21)11-12-23-13)14-7-9-16(10-8-14)24-20(25)19(22)15-5-3-2-4-6-15/h7-12,15,19H,2-6,22H2,1H3,(H,24,25)/t19-/m0/s1. The van der Waals surface area contributed by atoms with Crippen LogP contribution in [0.5, 0.6) is 0 Å². The number of nitrogens with zero attached hydrogens (tertiary/aromatic N) is 1. The molecule has 1 saturated carbocycles. The molecule has 0 bridgehead atoms. The van der Waals surface area contributed by atoms with Crippen LogP contribution >= 0.6 is 11.6 Å². The molecule has 0 spiro atoms. The average Bonchev–Trinajstić information content (AvgIpc) is 2.63. The van der Waals surface area contributed by atoms with Crippen molar-refractivity contribution in [3.63, 3.8) is 0 Å². The summed E-state index contributed by atoms with van der Waals surface area (Å²) >= 11 is 6.29. The van der Waals surface area contributed by atoms with Gasteiger partial charge in [-0.05, 0) is 49.4 Å². The fourth-order valence-electron chi connectivity index (χ4n) is 3.54. The van der Waals surface area contributed by atoms with Crippen molar-refractivity contribution in [3.05, 3.63) is 47.2 Å². The maximum atomic E-state index is 12.4. The molecule has 1 heterocycles. The summed E-state index contributed by atoms with van der Waals surface area (Å²) in [6, 6.07) is 8.99. The number of anilines is 1. The van der Waals surface area contributed by atoms with Gasteiger partial charge in [0.2, 0.25) is 5.91 Å². The van der Waals surface area contributed by atoms with E-state index in [1.165, 1.54) is 19.3 Å². The third-order valence-corrected chi connectivity index (χ3v) is 5.31. The lowest BCUT2D eigenvalue weighted by Crippen LogP contribution is -2.42. The predicted octanol–water partition coefficient (Wildman–Crippen LogP) is 4.56. The third kappa shape index (κ3) is 4.20. The Morgan fingerprint density at radius 2 is 1.88 bits per heavy atom. The minimum atomic E-state index is -0.435. The Bertz CT molecular complexity index is 719. The monoisotopic (exact) mass is 357 g/mol. The number of hydrogen-bond donors (Lipinski definition) is 2. The summed E-state index contributed by atoms with van der Waals surface area (Å²) in [5.74, 6) is 0.195. The molecule has 2 aromatic rings. The number of rotatable bonds is 4. The molecule has 5 heteroatoms. The summed E-state index contributed by atoms with van der Waals surface area (Å²) in [4.78, 5) is 16.7. The Kier molecular flexibility index (Phi) is 5.71. The first-order chi connectivity index (χ1) is 12.1. The summed E-state index contributed by atoms with van der Waals surface area (Å²) in [5, 5.41) is 3.60. The molecule has 132 valence electrons. The number of carbonyl (C=O) groups is 1. The second-order valence-electron chi connectivity index (χ2n) is 6.74. The summed E-state index contributed by atoms with van der Waals surface area (Å²) in [6.45, 7) is 1.93. The van der Waals surface area contributed by atoms with Gasteiger partial charge in [-0.1, -0.05) is 43.0 Å². The van der Waals surface area contributed by atoms with Gasteiger partial charge in [-0.25, -0.2) is 0 Å². The van der Waals surface area contributed by atoms with Crippen LogP contribution in [0.3, 0.4) is 0 Å². The van der Waals surface area contributed by atoms with Crippen molar-refractivity contribution in [3.8, 4) is 11.1 Å². The number of hydrogen-bond acceptors (Lipinski definition) is 3. The minimum absolute atomic E-state index is 0.102. The molecule has 1 aromatic heterocycles. The zero-order chi connectivity index (χ0) is 17.8. The molecule has 25 heavy (non-hydrogen) atoms. The molecule has 1 atom stereocenters. The van der Waals surface area contributed by atoms with Gasteiger partial charge in [-0.2, -0.15) is 0 Å². The molecule has 3 rings (SSSR count). The van der Waals surface area contributed by atoms with Crippen molar-refractivity contribution in [2.45, 2.75) is 45.1 Å². The number of nitrogens with one attached hydrogen (secondary N) is 1. The van der Waals surface area contributed by atoms with Crippen LogP contribution in [0, 0.1) is 12.8 Å². The molecular formula is C20H24ClN3O. The van der Waals surface area contributed by atoms with Crippen LogP contribution in [0.15, 0.2) is 36.5 Å². The van der Waals surface area contributed by atoms with E-state index >= 15 is 0 Å². The van der Waals surface area contributed by atoms with Crippen LogP contribution in [-0.2, 0) is 4.79 Å². The van der Waals surface area contributed by atoms with E-state index in [1.807, 2.05) is 31.2 Å². The van der Waals surface area contributed by atoms with Crippen molar-refractivity contribution >= 4 is 23.2 Å². The molecule has 0 radical (unpaired) electrons. The molecule has 0 aliphatic heterocycles. The van der Waals surface area contributed by atoms with Gasteiger partial charge in [0.25, 0.3) is 0 Å². The molecule has 0 unspecified atom stereocenters. The van der Waals surface area contributed by atoms with E-state index in [-0.39, 0.29) is 5.91 Å².